The van der Waals surface area contributed by atoms with Gasteiger partial charge in [0.05, 0.1) is 0 Å². The Hall–Kier alpha value is -1.59. The van der Waals surface area contributed by atoms with Crippen molar-refractivity contribution >= 4 is 17.3 Å². The molecule has 1 aliphatic rings. The monoisotopic (exact) mass is 293 g/mol. The zero-order valence-electron chi connectivity index (χ0n) is 11.2. The van der Waals surface area contributed by atoms with Gasteiger partial charge in [0, 0.05) is 22.9 Å². The van der Waals surface area contributed by atoms with Gasteiger partial charge in [0.15, 0.2) is 0 Å². The highest BCUT2D eigenvalue weighted by molar-refractivity contribution is 6.31. The molecule has 0 saturated carbocycles. The van der Waals surface area contributed by atoms with Crippen LogP contribution in [0.4, 0.5) is 5.69 Å². The molecule has 2 N–H and O–H groups in total. The van der Waals surface area contributed by atoms with Gasteiger partial charge >= 0.3 is 0 Å². The lowest BCUT2D eigenvalue weighted by Crippen LogP contribution is -2.31. The molecule has 6 heteroatoms. The number of aromatic nitrogens is 2. The molecule has 1 aromatic carbocycles. The number of halogens is 1. The number of benzene rings is 1. The molecule has 1 aromatic heterocycles. The van der Waals surface area contributed by atoms with Crippen molar-refractivity contribution in [3.8, 4) is 11.5 Å². The van der Waals surface area contributed by atoms with Crippen LogP contribution in [0, 0.1) is 0 Å². The lowest BCUT2D eigenvalue weighted by Gasteiger charge is -2.30. The summed E-state index contributed by atoms with van der Waals surface area (Å²) in [4.78, 5) is 4.44. The third-order valence-corrected chi connectivity index (χ3v) is 3.75. The van der Waals surface area contributed by atoms with Crippen molar-refractivity contribution in [2.45, 2.75) is 31.8 Å². The molecule has 0 radical (unpaired) electrons. The van der Waals surface area contributed by atoms with Crippen LogP contribution >= 0.6 is 11.6 Å². The van der Waals surface area contributed by atoms with Gasteiger partial charge in [0.2, 0.25) is 5.82 Å². The number of nitrogens with zero attached hydrogens (tertiary/aromatic N) is 2. The number of ether oxygens (including phenoxy) is 1. The van der Waals surface area contributed by atoms with Gasteiger partial charge < -0.3 is 15.0 Å². The number of hydrogen-bond donors (Lipinski definition) is 1. The summed E-state index contributed by atoms with van der Waals surface area (Å²) >= 11 is 5.99. The Morgan fingerprint density at radius 3 is 2.85 bits per heavy atom. The third-order valence-electron chi connectivity index (χ3n) is 3.53. The van der Waals surface area contributed by atoms with Crippen LogP contribution in [0.25, 0.3) is 11.5 Å². The molecule has 106 valence electrons. The van der Waals surface area contributed by atoms with Crippen LogP contribution in [0.3, 0.4) is 0 Å². The first-order valence-corrected chi connectivity index (χ1v) is 6.99. The largest absolute Gasteiger partial charge is 0.399 e. The highest BCUT2D eigenvalue weighted by atomic mass is 35.5. The molecule has 2 heterocycles. The number of anilines is 1. The maximum Gasteiger partial charge on any atom is 0.258 e. The zero-order valence-corrected chi connectivity index (χ0v) is 12.0. The smallest absolute Gasteiger partial charge is 0.258 e. The minimum Gasteiger partial charge on any atom is -0.399 e. The SMILES string of the molecule is CC1(c2noc(-c3cc(N)cc(Cl)c3)n2)CCCCO1. The summed E-state index contributed by atoms with van der Waals surface area (Å²) < 4.78 is 11.1. The van der Waals surface area contributed by atoms with Crippen LogP contribution in [0.5, 0.6) is 0 Å². The second-order valence-electron chi connectivity index (χ2n) is 5.23. The Balaban J connectivity index is 1.93. The van der Waals surface area contributed by atoms with Gasteiger partial charge in [-0.3, -0.25) is 0 Å². The Labute approximate surface area is 122 Å². The second kappa shape index (κ2) is 5.07. The van der Waals surface area contributed by atoms with E-state index in [1.165, 1.54) is 0 Å². The first kappa shape index (κ1) is 13.4. The Morgan fingerprint density at radius 1 is 1.30 bits per heavy atom. The van der Waals surface area contributed by atoms with Gasteiger partial charge in [0.1, 0.15) is 5.60 Å². The standard InChI is InChI=1S/C14H16ClN3O2/c1-14(4-2-3-5-19-14)13-17-12(20-18-13)9-6-10(15)8-11(16)7-9/h6-8H,2-5,16H2,1H3. The minimum atomic E-state index is -0.468. The van der Waals surface area contributed by atoms with Gasteiger partial charge in [-0.1, -0.05) is 16.8 Å². The van der Waals surface area contributed by atoms with Crippen LogP contribution in [0.15, 0.2) is 22.7 Å². The van der Waals surface area contributed by atoms with Crippen LogP contribution in [0.2, 0.25) is 5.02 Å². The summed E-state index contributed by atoms with van der Waals surface area (Å²) in [6, 6.07) is 5.18. The summed E-state index contributed by atoms with van der Waals surface area (Å²) in [5.41, 5.74) is 6.58. The van der Waals surface area contributed by atoms with Crippen molar-refractivity contribution in [1.29, 1.82) is 0 Å². The first-order valence-electron chi connectivity index (χ1n) is 6.61. The quantitative estimate of drug-likeness (QED) is 0.859. The lowest BCUT2D eigenvalue weighted by molar-refractivity contribution is -0.0770. The van der Waals surface area contributed by atoms with Gasteiger partial charge in [-0.15, -0.1) is 0 Å². The predicted molar refractivity (Wildman–Crippen MR) is 76.3 cm³/mol. The third kappa shape index (κ3) is 2.51. The van der Waals surface area contributed by atoms with Gasteiger partial charge in [-0.25, -0.2) is 0 Å². The van der Waals surface area contributed by atoms with E-state index >= 15 is 0 Å². The molecule has 1 fully saturated rings. The molecular weight excluding hydrogens is 278 g/mol. The van der Waals surface area contributed by atoms with E-state index in [4.69, 9.17) is 26.6 Å². The number of nitrogens with two attached hydrogens (primary N) is 1. The predicted octanol–water partition coefficient (Wildman–Crippen LogP) is 3.39. The maximum absolute atomic E-state index is 5.99. The van der Waals surface area contributed by atoms with E-state index in [9.17, 15) is 0 Å². The molecule has 0 aliphatic carbocycles. The molecule has 0 amide bonds. The molecule has 2 aromatic rings. The highest BCUT2D eigenvalue weighted by Gasteiger charge is 2.35. The average Bonchev–Trinajstić information content (AvgIpc) is 2.89. The summed E-state index contributed by atoms with van der Waals surface area (Å²) in [6.45, 7) is 2.72. The van der Waals surface area contributed by atoms with Crippen LogP contribution in [-0.4, -0.2) is 16.7 Å². The molecule has 3 rings (SSSR count). The second-order valence-corrected chi connectivity index (χ2v) is 5.67. The molecule has 1 unspecified atom stereocenters. The van der Waals surface area contributed by atoms with Crippen molar-refractivity contribution < 1.29 is 9.26 Å². The van der Waals surface area contributed by atoms with E-state index in [-0.39, 0.29) is 0 Å². The fourth-order valence-corrected chi connectivity index (χ4v) is 2.65. The number of nitrogen functional groups attached to an aromatic ring is 1. The topological polar surface area (TPSA) is 74.2 Å². The van der Waals surface area contributed by atoms with Crippen LogP contribution in [0.1, 0.15) is 32.0 Å². The van der Waals surface area contributed by atoms with Crippen molar-refractivity contribution in [1.82, 2.24) is 10.1 Å². The Morgan fingerprint density at radius 2 is 2.15 bits per heavy atom. The summed E-state index contributed by atoms with van der Waals surface area (Å²) in [5, 5.41) is 4.59. The van der Waals surface area contributed by atoms with Crippen molar-refractivity contribution in [2.24, 2.45) is 0 Å². The van der Waals surface area contributed by atoms with E-state index in [0.29, 0.717) is 28.0 Å². The molecule has 1 atom stereocenters. The Bertz CT molecular complexity index is 600. The number of hydrogen-bond acceptors (Lipinski definition) is 5. The fraction of sp³-hybridized carbons (Fsp3) is 0.429. The molecule has 5 nitrogen and oxygen atoms in total. The van der Waals surface area contributed by atoms with Gasteiger partial charge in [-0.2, -0.15) is 4.98 Å². The summed E-state index contributed by atoms with van der Waals surface area (Å²) in [7, 11) is 0. The average molecular weight is 294 g/mol. The van der Waals surface area contributed by atoms with Crippen molar-refractivity contribution in [3.63, 3.8) is 0 Å². The Kier molecular flexibility index (Phi) is 3.40. The molecule has 1 aliphatic heterocycles. The van der Waals surface area contributed by atoms with E-state index in [2.05, 4.69) is 10.1 Å². The van der Waals surface area contributed by atoms with Crippen LogP contribution < -0.4 is 5.73 Å². The van der Waals surface area contributed by atoms with Crippen LogP contribution in [-0.2, 0) is 10.3 Å². The molecule has 0 bridgehead atoms. The summed E-state index contributed by atoms with van der Waals surface area (Å²) in [5.74, 6) is 0.982. The van der Waals surface area contributed by atoms with Gasteiger partial charge in [-0.05, 0) is 44.4 Å². The van der Waals surface area contributed by atoms with E-state index in [1.54, 1.807) is 18.2 Å². The molecular formula is C14H16ClN3O2. The zero-order chi connectivity index (χ0) is 14.2. The van der Waals surface area contributed by atoms with Crippen molar-refractivity contribution in [3.05, 3.63) is 29.0 Å². The first-order chi connectivity index (χ1) is 9.57. The lowest BCUT2D eigenvalue weighted by atomic mass is 9.95. The number of rotatable bonds is 2. The maximum atomic E-state index is 5.99. The molecule has 20 heavy (non-hydrogen) atoms. The van der Waals surface area contributed by atoms with E-state index < -0.39 is 5.60 Å². The van der Waals surface area contributed by atoms with E-state index in [0.717, 1.165) is 25.9 Å². The summed E-state index contributed by atoms with van der Waals surface area (Å²) in [6.07, 6.45) is 3.07. The minimum absolute atomic E-state index is 0.407. The van der Waals surface area contributed by atoms with Crippen molar-refractivity contribution in [2.75, 3.05) is 12.3 Å². The fourth-order valence-electron chi connectivity index (χ4n) is 2.40. The van der Waals surface area contributed by atoms with E-state index in [1.807, 2.05) is 6.92 Å². The highest BCUT2D eigenvalue weighted by Crippen LogP contribution is 2.34. The molecule has 1 saturated heterocycles. The normalized spacial score (nSPS) is 22.9. The molecule has 0 spiro atoms. The van der Waals surface area contributed by atoms with Gasteiger partial charge in [0.25, 0.3) is 5.89 Å².